The van der Waals surface area contributed by atoms with Crippen LogP contribution in [0.5, 0.6) is 0 Å². The van der Waals surface area contributed by atoms with E-state index >= 15 is 0 Å². The van der Waals surface area contributed by atoms with Crippen LogP contribution >= 0.6 is 0 Å². The predicted molar refractivity (Wildman–Crippen MR) is 80.1 cm³/mol. The molecule has 3 fully saturated rings. The SMILES string of the molecule is CC1CCC(N)C(CN2CCC3CCC(C2)N3C)C1. The number of likely N-dealkylation sites (tertiary alicyclic amines) is 1. The lowest BCUT2D eigenvalue weighted by Crippen LogP contribution is -2.45. The first kappa shape index (κ1) is 13.8. The number of rotatable bonds is 2. The Morgan fingerprint density at radius 1 is 1.05 bits per heavy atom. The summed E-state index contributed by atoms with van der Waals surface area (Å²) in [6.45, 7) is 6.23. The van der Waals surface area contributed by atoms with Gasteiger partial charge in [0.1, 0.15) is 0 Å². The van der Waals surface area contributed by atoms with Gasteiger partial charge in [0.2, 0.25) is 0 Å². The molecule has 2 heterocycles. The average Bonchev–Trinajstić information content (AvgIpc) is 2.62. The molecule has 2 saturated heterocycles. The smallest absolute Gasteiger partial charge is 0.0223 e. The fraction of sp³-hybridized carbons (Fsp3) is 1.00. The van der Waals surface area contributed by atoms with E-state index in [0.717, 1.165) is 23.9 Å². The highest BCUT2D eigenvalue weighted by Gasteiger charge is 2.36. The molecule has 0 spiro atoms. The van der Waals surface area contributed by atoms with Gasteiger partial charge < -0.3 is 10.6 Å². The molecule has 19 heavy (non-hydrogen) atoms. The van der Waals surface area contributed by atoms with E-state index in [-0.39, 0.29) is 0 Å². The molecule has 2 aliphatic heterocycles. The number of nitrogens with two attached hydrogens (primary N) is 1. The van der Waals surface area contributed by atoms with E-state index in [2.05, 4.69) is 23.8 Å². The Morgan fingerprint density at radius 2 is 1.84 bits per heavy atom. The van der Waals surface area contributed by atoms with Crippen molar-refractivity contribution in [2.75, 3.05) is 26.7 Å². The van der Waals surface area contributed by atoms with E-state index < -0.39 is 0 Å². The van der Waals surface area contributed by atoms with Crippen LogP contribution in [0, 0.1) is 11.8 Å². The molecule has 3 heteroatoms. The van der Waals surface area contributed by atoms with Crippen LogP contribution in [-0.4, -0.2) is 54.6 Å². The molecule has 0 amide bonds. The first-order valence-electron chi connectivity index (χ1n) is 8.33. The van der Waals surface area contributed by atoms with E-state index in [1.54, 1.807) is 0 Å². The Hall–Kier alpha value is -0.120. The van der Waals surface area contributed by atoms with Crippen molar-refractivity contribution in [3.8, 4) is 0 Å². The van der Waals surface area contributed by atoms with Crippen LogP contribution in [0.25, 0.3) is 0 Å². The molecule has 2 bridgehead atoms. The summed E-state index contributed by atoms with van der Waals surface area (Å²) in [5, 5.41) is 0. The summed E-state index contributed by atoms with van der Waals surface area (Å²) in [4.78, 5) is 5.37. The summed E-state index contributed by atoms with van der Waals surface area (Å²) in [7, 11) is 2.33. The number of hydrogen-bond acceptors (Lipinski definition) is 3. The number of fused-ring (bicyclic) bond motifs is 2. The molecule has 3 rings (SSSR count). The summed E-state index contributed by atoms with van der Waals surface area (Å²) in [6.07, 6.45) is 8.13. The average molecular weight is 265 g/mol. The zero-order chi connectivity index (χ0) is 13.4. The van der Waals surface area contributed by atoms with E-state index in [9.17, 15) is 0 Å². The molecule has 5 unspecified atom stereocenters. The molecule has 1 saturated carbocycles. The van der Waals surface area contributed by atoms with Crippen LogP contribution in [-0.2, 0) is 0 Å². The van der Waals surface area contributed by atoms with Crippen LogP contribution in [0.2, 0.25) is 0 Å². The molecule has 110 valence electrons. The van der Waals surface area contributed by atoms with Gasteiger partial charge in [-0.15, -0.1) is 0 Å². The van der Waals surface area contributed by atoms with Crippen molar-refractivity contribution in [2.24, 2.45) is 17.6 Å². The highest BCUT2D eigenvalue weighted by atomic mass is 15.3. The Bertz CT molecular complexity index is 306. The van der Waals surface area contributed by atoms with Crippen molar-refractivity contribution in [1.82, 2.24) is 9.80 Å². The monoisotopic (exact) mass is 265 g/mol. The minimum absolute atomic E-state index is 0.453. The largest absolute Gasteiger partial charge is 0.327 e. The third-order valence-corrected chi connectivity index (χ3v) is 6.03. The van der Waals surface area contributed by atoms with Gasteiger partial charge in [-0.05, 0) is 64.0 Å². The van der Waals surface area contributed by atoms with Crippen LogP contribution in [0.3, 0.4) is 0 Å². The maximum atomic E-state index is 6.36. The quantitative estimate of drug-likeness (QED) is 0.828. The maximum Gasteiger partial charge on any atom is 0.0223 e. The first-order valence-corrected chi connectivity index (χ1v) is 8.33. The van der Waals surface area contributed by atoms with Gasteiger partial charge in [0, 0.05) is 31.2 Å². The zero-order valence-electron chi connectivity index (χ0n) is 12.7. The third-order valence-electron chi connectivity index (χ3n) is 6.03. The van der Waals surface area contributed by atoms with Crippen LogP contribution < -0.4 is 5.73 Å². The predicted octanol–water partition coefficient (Wildman–Crippen LogP) is 1.92. The van der Waals surface area contributed by atoms with Crippen LogP contribution in [0.1, 0.15) is 45.4 Å². The summed E-state index contributed by atoms with van der Waals surface area (Å²) >= 11 is 0. The third kappa shape index (κ3) is 2.98. The van der Waals surface area contributed by atoms with E-state index in [1.165, 1.54) is 58.2 Å². The van der Waals surface area contributed by atoms with E-state index in [0.29, 0.717) is 6.04 Å². The van der Waals surface area contributed by atoms with Crippen molar-refractivity contribution in [1.29, 1.82) is 0 Å². The second-order valence-electron chi connectivity index (χ2n) is 7.44. The molecular formula is C16H31N3. The molecule has 0 aromatic heterocycles. The van der Waals surface area contributed by atoms with Crippen LogP contribution in [0.15, 0.2) is 0 Å². The minimum Gasteiger partial charge on any atom is -0.327 e. The van der Waals surface area contributed by atoms with Gasteiger partial charge >= 0.3 is 0 Å². The Balaban J connectivity index is 1.57. The summed E-state index contributed by atoms with van der Waals surface area (Å²) in [5.74, 6) is 1.63. The lowest BCUT2D eigenvalue weighted by molar-refractivity contribution is 0.150. The van der Waals surface area contributed by atoms with Crippen LogP contribution in [0.4, 0.5) is 0 Å². The van der Waals surface area contributed by atoms with Gasteiger partial charge in [-0.25, -0.2) is 0 Å². The topological polar surface area (TPSA) is 32.5 Å². The second kappa shape index (κ2) is 5.71. The fourth-order valence-corrected chi connectivity index (χ4v) is 4.61. The number of likely N-dealkylation sites (N-methyl/N-ethyl adjacent to an activating group) is 1. The molecule has 1 aliphatic carbocycles. The summed E-state index contributed by atoms with van der Waals surface area (Å²) < 4.78 is 0. The highest BCUT2D eigenvalue weighted by Crippen LogP contribution is 2.32. The first-order chi connectivity index (χ1) is 9.13. The second-order valence-corrected chi connectivity index (χ2v) is 7.44. The molecule has 3 aliphatic rings. The lowest BCUT2D eigenvalue weighted by Gasteiger charge is -2.37. The summed E-state index contributed by atoms with van der Waals surface area (Å²) in [6, 6.07) is 2.12. The van der Waals surface area contributed by atoms with Crippen molar-refractivity contribution in [3.05, 3.63) is 0 Å². The molecule has 0 aromatic rings. The molecule has 2 N–H and O–H groups in total. The maximum absolute atomic E-state index is 6.36. The fourth-order valence-electron chi connectivity index (χ4n) is 4.61. The van der Waals surface area contributed by atoms with Gasteiger partial charge in [0.15, 0.2) is 0 Å². The van der Waals surface area contributed by atoms with E-state index in [1.807, 2.05) is 0 Å². The van der Waals surface area contributed by atoms with Crippen molar-refractivity contribution in [3.63, 3.8) is 0 Å². The molecule has 0 aromatic carbocycles. The van der Waals surface area contributed by atoms with Gasteiger partial charge in [-0.1, -0.05) is 6.92 Å². The molecule has 0 radical (unpaired) electrons. The summed E-state index contributed by atoms with van der Waals surface area (Å²) in [5.41, 5.74) is 6.36. The van der Waals surface area contributed by atoms with Crippen molar-refractivity contribution >= 4 is 0 Å². The van der Waals surface area contributed by atoms with Gasteiger partial charge in [0.05, 0.1) is 0 Å². The highest BCUT2D eigenvalue weighted by molar-refractivity contribution is 4.92. The molecule has 5 atom stereocenters. The van der Waals surface area contributed by atoms with Crippen molar-refractivity contribution < 1.29 is 0 Å². The molecular weight excluding hydrogens is 234 g/mol. The number of nitrogens with zero attached hydrogens (tertiary/aromatic N) is 2. The Kier molecular flexibility index (Phi) is 4.16. The normalized spacial score (nSPS) is 45.3. The number of hydrogen-bond donors (Lipinski definition) is 1. The minimum atomic E-state index is 0.453. The van der Waals surface area contributed by atoms with Gasteiger partial charge in [-0.2, -0.15) is 0 Å². The Morgan fingerprint density at radius 3 is 2.68 bits per heavy atom. The van der Waals surface area contributed by atoms with Gasteiger partial charge in [0.25, 0.3) is 0 Å². The Labute approximate surface area is 118 Å². The zero-order valence-corrected chi connectivity index (χ0v) is 12.7. The molecule has 3 nitrogen and oxygen atoms in total. The lowest BCUT2D eigenvalue weighted by atomic mass is 9.79. The van der Waals surface area contributed by atoms with Crippen molar-refractivity contribution in [2.45, 2.75) is 63.6 Å². The standard InChI is InChI=1S/C16H31N3/c1-12-3-6-16(17)13(9-12)10-19-8-7-14-4-5-15(11-19)18(14)2/h12-16H,3-11,17H2,1-2H3. The van der Waals surface area contributed by atoms with E-state index in [4.69, 9.17) is 5.73 Å². The van der Waals surface area contributed by atoms with Gasteiger partial charge in [-0.3, -0.25) is 4.90 Å².